The van der Waals surface area contributed by atoms with E-state index in [-0.39, 0.29) is 11.5 Å². The van der Waals surface area contributed by atoms with Gasteiger partial charge in [0.25, 0.3) is 0 Å². The van der Waals surface area contributed by atoms with E-state index < -0.39 is 33.6 Å². The van der Waals surface area contributed by atoms with Crippen LogP contribution in [-0.4, -0.2) is 88.2 Å². The second kappa shape index (κ2) is 32.5. The van der Waals surface area contributed by atoms with Crippen molar-refractivity contribution in [2.45, 2.75) is 461 Å². The summed E-state index contributed by atoms with van der Waals surface area (Å²) in [5.41, 5.74) is 0.386. The summed E-state index contributed by atoms with van der Waals surface area (Å²) in [7, 11) is 0. The Labute approximate surface area is 684 Å². The molecule has 0 heterocycles. The number of fused-ring (bicyclic) bond motifs is 20. The third kappa shape index (κ3) is 18.3. The Hall–Kier alpha value is -0.320. The molecule has 0 bridgehead atoms. The van der Waals surface area contributed by atoms with Gasteiger partial charge in [0, 0.05) is 0 Å². The highest BCUT2D eigenvalue weighted by atomic mass is 16.5. The average Bonchev–Trinajstić information content (AvgIpc) is 1.67. The lowest BCUT2D eigenvalue weighted by Crippen LogP contribution is -2.56. The molecule has 7 N–H and O–H groups in total. The third-order valence-corrected chi connectivity index (χ3v) is 40.6. The van der Waals surface area contributed by atoms with Crippen molar-refractivity contribution in [3.63, 3.8) is 0 Å². The Bertz CT molecular complexity index is 3050. The van der Waals surface area contributed by atoms with E-state index in [1.54, 1.807) is 0 Å². The van der Waals surface area contributed by atoms with E-state index in [1.807, 2.05) is 41.5 Å². The van der Waals surface area contributed by atoms with Gasteiger partial charge < -0.3 is 40.5 Å². The Morgan fingerprint density at radius 1 is 0.315 bits per heavy atom. The van der Waals surface area contributed by atoms with Gasteiger partial charge in [0.15, 0.2) is 0 Å². The van der Waals surface area contributed by atoms with Gasteiger partial charge in [0.2, 0.25) is 0 Å². The van der Waals surface area contributed by atoms with E-state index >= 15 is 0 Å². The van der Waals surface area contributed by atoms with Crippen molar-refractivity contribution >= 4 is 0 Å². The molecule has 0 amide bonds. The Kier molecular flexibility index (Phi) is 25.9. The summed E-state index contributed by atoms with van der Waals surface area (Å²) in [5, 5.41) is 72.6. The van der Waals surface area contributed by atoms with Crippen molar-refractivity contribution in [3.8, 4) is 0 Å². The summed E-state index contributed by atoms with van der Waals surface area (Å²) >= 11 is 0. The van der Waals surface area contributed by atoms with Crippen LogP contribution in [0.5, 0.6) is 0 Å². The SMILES string of the molecule is CC(C)(C)CO[C@H]1CCC2C3CC[C@@H]4C[C@@](C)(O)CC[C@]4(C)C3CC[C@@]21C.C[C@H](CCC(C)(C)O)[C@H]1CCC2C3CC[C@@H]4C[C@@H](O)CC[C@@H]4C3CC[C@@]21C.C[C@H](CCC(C)(C)O)[C@H]1CCC2C3CC[C@@H]4C[C@@](C)(O)CC[C@@H]4C3CC[C@@]21C.C[C@H](CCC(C)(C)O)[C@H]1CCC2C3CC[C@@H]4C[C@@](C)(O)CC[C@]4(C)C3CC[C@@]21C. The Morgan fingerprint density at radius 2 is 0.658 bits per heavy atom. The first-order chi connectivity index (χ1) is 51.5. The van der Waals surface area contributed by atoms with Gasteiger partial charge in [-0.2, -0.15) is 0 Å². The molecule has 8 heteroatoms. The van der Waals surface area contributed by atoms with Crippen LogP contribution in [0.25, 0.3) is 0 Å². The first-order valence-electron chi connectivity index (χ1n) is 49.1. The van der Waals surface area contributed by atoms with Crippen LogP contribution >= 0.6 is 0 Å². The summed E-state index contributed by atoms with van der Waals surface area (Å²) in [4.78, 5) is 0. The summed E-state index contributed by atoms with van der Waals surface area (Å²) in [6.45, 7) is 48.9. The van der Waals surface area contributed by atoms with Gasteiger partial charge in [-0.05, 0) is 512 Å². The molecule has 642 valence electrons. The van der Waals surface area contributed by atoms with Gasteiger partial charge >= 0.3 is 0 Å². The molecule has 0 radical (unpaired) electrons. The number of hydrogen-bond donors (Lipinski definition) is 7. The predicted octanol–water partition coefficient (Wildman–Crippen LogP) is 24.8. The first kappa shape index (κ1) is 88.5. The molecule has 0 aliphatic heterocycles. The molecule has 12 unspecified atom stereocenters. The van der Waals surface area contributed by atoms with Crippen LogP contribution in [0.1, 0.15) is 415 Å². The minimum absolute atomic E-state index is 0.0101. The largest absolute Gasteiger partial charge is 0.393 e. The van der Waals surface area contributed by atoms with Crippen LogP contribution in [0.15, 0.2) is 0 Å². The van der Waals surface area contributed by atoms with Crippen LogP contribution in [0.3, 0.4) is 0 Å². The van der Waals surface area contributed by atoms with E-state index in [0.717, 1.165) is 219 Å². The molecule has 0 aromatic carbocycles. The quantitative estimate of drug-likeness (QED) is 0.0909. The minimum atomic E-state index is -0.528. The standard InChI is InChI=1S/C27H48O2.C26H46O2.2C25H44O2/c1-18(11-13-24(2,3)28)21-9-10-22-20-8-7-19-17-25(4,29)15-16-26(19,5)23(20)12-14-27(21,22)6;1-17(10-13-24(2,3)27)22-8-9-23-21-7-6-18-16-25(4,28)14-11-19(18)20(21)12-15-26(22,23)5;1-22(2,3)16-27-21-10-9-19-18-8-7-17-15-23(4,26)13-14-24(17,5)20(18)11-12-25(19,21)6;1-16(11-13-24(2,3)27)22-9-10-23-21-7-5-17-15-18(26)6-8-19(17)20(21)12-14-25(22,23)4/h18-23,28-29H,7-17H2,1-6H3;17-23,27-28H,6-16H2,1-5H3;17-21,26H,7-16H2,1-6H3;16-23,26-27H,5-15H2,1-4H3/t18-,19-,20?,21-,22?,23?,25+,26+,27-;17-,18-,19+,20?,21?,22-,23?,25+,26-;17-,18?,19?,20?,21+,23+,24+,25+;16-,17-,18+,19+,20?,21?,22-,23?,25-/m1111/s1. The molecule has 16 rings (SSSR count). The first-order valence-corrected chi connectivity index (χ1v) is 49.1. The number of hydrogen-bond acceptors (Lipinski definition) is 8. The second-order valence-electron chi connectivity index (χ2n) is 50.9. The summed E-state index contributed by atoms with van der Waals surface area (Å²) in [6, 6.07) is 0. The fourth-order valence-electron chi connectivity index (χ4n) is 34.6. The van der Waals surface area contributed by atoms with E-state index in [2.05, 4.69) is 104 Å². The lowest BCUT2D eigenvalue weighted by molar-refractivity contribution is -0.158. The van der Waals surface area contributed by atoms with Gasteiger partial charge in [0.05, 0.1) is 52.4 Å². The van der Waals surface area contributed by atoms with Crippen molar-refractivity contribution in [2.75, 3.05) is 6.61 Å². The maximum Gasteiger partial charge on any atom is 0.0631 e. The van der Waals surface area contributed by atoms with Crippen LogP contribution < -0.4 is 0 Å². The number of aliphatic hydroxyl groups excluding tert-OH is 1. The fourth-order valence-corrected chi connectivity index (χ4v) is 34.6. The molecule has 8 nitrogen and oxygen atoms in total. The molecule has 16 saturated carbocycles. The smallest absolute Gasteiger partial charge is 0.0631 e. The zero-order chi connectivity index (χ0) is 80.6. The van der Waals surface area contributed by atoms with Crippen LogP contribution in [-0.2, 0) is 4.74 Å². The molecule has 0 aromatic heterocycles. The average molecular weight is 1550 g/mol. The molecular weight excluding hydrogens is 1370 g/mol. The highest BCUT2D eigenvalue weighted by Crippen LogP contribution is 2.73. The lowest BCUT2D eigenvalue weighted by atomic mass is 9.43. The van der Waals surface area contributed by atoms with Gasteiger partial charge in [-0.25, -0.2) is 0 Å². The lowest BCUT2D eigenvalue weighted by Gasteiger charge is -2.62. The molecule has 35 atom stereocenters. The zero-order valence-corrected chi connectivity index (χ0v) is 76.5. The van der Waals surface area contributed by atoms with Crippen LogP contribution in [0, 0.1) is 180 Å². The van der Waals surface area contributed by atoms with Crippen molar-refractivity contribution in [2.24, 2.45) is 180 Å². The summed E-state index contributed by atoms with van der Waals surface area (Å²) in [5.74, 6) is 20.7. The van der Waals surface area contributed by atoms with Gasteiger partial charge in [-0.3, -0.25) is 0 Å². The van der Waals surface area contributed by atoms with Crippen LogP contribution in [0.4, 0.5) is 0 Å². The van der Waals surface area contributed by atoms with Crippen LogP contribution in [0.2, 0.25) is 0 Å². The van der Waals surface area contributed by atoms with E-state index in [4.69, 9.17) is 4.74 Å². The molecule has 16 aliphatic rings. The molecule has 16 fully saturated rings. The third-order valence-electron chi connectivity index (χ3n) is 40.6. The van der Waals surface area contributed by atoms with E-state index in [9.17, 15) is 35.7 Å². The summed E-state index contributed by atoms with van der Waals surface area (Å²) in [6.07, 6.45) is 53.8. The molecule has 0 spiro atoms. The zero-order valence-electron chi connectivity index (χ0n) is 76.5. The van der Waals surface area contributed by atoms with Crippen molar-refractivity contribution in [1.29, 1.82) is 0 Å². The minimum Gasteiger partial charge on any atom is -0.393 e. The molecule has 16 aliphatic carbocycles. The monoisotopic (exact) mass is 1550 g/mol. The van der Waals surface area contributed by atoms with Gasteiger partial charge in [-0.1, -0.05) is 83.1 Å². The molecule has 0 saturated heterocycles. The molecular formula is C103H182O8. The summed E-state index contributed by atoms with van der Waals surface area (Å²) < 4.78 is 6.55. The Morgan fingerprint density at radius 3 is 1.09 bits per heavy atom. The normalized spacial score (nSPS) is 50.5. The molecule has 0 aromatic rings. The highest BCUT2D eigenvalue weighted by molar-refractivity contribution is 5.15. The Balaban J connectivity index is 0.000000130. The topological polar surface area (TPSA) is 151 Å². The second-order valence-corrected chi connectivity index (χ2v) is 50.9. The van der Waals surface area contributed by atoms with E-state index in [0.29, 0.717) is 38.6 Å². The number of rotatable bonds is 14. The van der Waals surface area contributed by atoms with E-state index in [1.165, 1.54) is 199 Å². The maximum atomic E-state index is 10.7. The highest BCUT2D eigenvalue weighted by Gasteiger charge is 2.66. The molecule has 111 heavy (non-hydrogen) atoms. The number of ether oxygens (including phenoxy) is 1. The predicted molar refractivity (Wildman–Crippen MR) is 459 cm³/mol. The van der Waals surface area contributed by atoms with Crippen molar-refractivity contribution in [3.05, 3.63) is 0 Å². The van der Waals surface area contributed by atoms with Gasteiger partial charge in [-0.15, -0.1) is 0 Å². The van der Waals surface area contributed by atoms with Crippen molar-refractivity contribution < 1.29 is 40.5 Å². The van der Waals surface area contributed by atoms with Crippen molar-refractivity contribution in [1.82, 2.24) is 0 Å². The fraction of sp³-hybridized carbons (Fsp3) is 1.00. The number of aliphatic hydroxyl groups is 7. The van der Waals surface area contributed by atoms with Gasteiger partial charge in [0.1, 0.15) is 0 Å². The maximum absolute atomic E-state index is 10.7.